The molecule has 0 saturated carbocycles. The van der Waals surface area contributed by atoms with Crippen molar-refractivity contribution in [2.45, 2.75) is 6.92 Å². The van der Waals surface area contributed by atoms with E-state index in [9.17, 15) is 4.79 Å². The fraction of sp³-hybridized carbons (Fsp3) is 0.600. The quantitative estimate of drug-likeness (QED) is 0.681. The minimum absolute atomic E-state index is 0.0661. The molecule has 0 spiro atoms. The fourth-order valence-electron chi connectivity index (χ4n) is 4.74. The molecule has 2 aromatic rings. The first kappa shape index (κ1) is 20.4. The predicted molar refractivity (Wildman–Crippen MR) is 109 cm³/mol. The molecule has 30 heavy (non-hydrogen) atoms. The van der Waals surface area contributed by atoms with Crippen molar-refractivity contribution in [1.29, 1.82) is 0 Å². The monoisotopic (exact) mass is 416 g/mol. The molecule has 2 atom stereocenters. The number of aryl methyl sites for hydroxylation is 1. The van der Waals surface area contributed by atoms with Crippen LogP contribution in [0.25, 0.3) is 0 Å². The highest BCUT2D eigenvalue weighted by Gasteiger charge is 2.54. The summed E-state index contributed by atoms with van der Waals surface area (Å²) < 4.78 is 15.6. The van der Waals surface area contributed by atoms with Crippen LogP contribution >= 0.6 is 0 Å². The van der Waals surface area contributed by atoms with Gasteiger partial charge in [0.2, 0.25) is 5.88 Å². The van der Waals surface area contributed by atoms with Gasteiger partial charge in [-0.15, -0.1) is 0 Å². The number of amides is 1. The molecule has 2 aliphatic heterocycles. The lowest BCUT2D eigenvalue weighted by atomic mass is 9.80. The van der Waals surface area contributed by atoms with Crippen molar-refractivity contribution in [3.63, 3.8) is 0 Å². The van der Waals surface area contributed by atoms with Crippen molar-refractivity contribution in [1.82, 2.24) is 24.9 Å². The smallest absolute Gasteiger partial charge is 0.321 e. The SMILES string of the molecule is COc1cc(N2C[C@H]3CN(C(=O)c4cc(C)on4)C[C@@]3(CN(C)C)C2)nc(OC)n1. The van der Waals surface area contributed by atoms with Crippen LogP contribution in [0.4, 0.5) is 5.82 Å². The summed E-state index contributed by atoms with van der Waals surface area (Å²) in [7, 11) is 7.25. The maximum atomic E-state index is 13.0. The first-order chi connectivity index (χ1) is 14.3. The zero-order valence-corrected chi connectivity index (χ0v) is 18.1. The maximum absolute atomic E-state index is 13.0. The van der Waals surface area contributed by atoms with Gasteiger partial charge in [-0.1, -0.05) is 5.16 Å². The van der Waals surface area contributed by atoms with Gasteiger partial charge in [0.1, 0.15) is 11.6 Å². The van der Waals surface area contributed by atoms with Gasteiger partial charge in [0, 0.05) is 56.2 Å². The summed E-state index contributed by atoms with van der Waals surface area (Å²) in [6.07, 6.45) is 0. The number of carbonyl (C=O) groups is 1. The average molecular weight is 416 g/mol. The normalized spacial score (nSPS) is 23.2. The first-order valence-corrected chi connectivity index (χ1v) is 9.93. The summed E-state index contributed by atoms with van der Waals surface area (Å²) in [6, 6.07) is 3.80. The van der Waals surface area contributed by atoms with Crippen LogP contribution in [0.15, 0.2) is 16.7 Å². The Morgan fingerprint density at radius 1 is 1.23 bits per heavy atom. The number of rotatable bonds is 6. The fourth-order valence-corrected chi connectivity index (χ4v) is 4.74. The number of ether oxygens (including phenoxy) is 2. The van der Waals surface area contributed by atoms with Crippen LogP contribution in [-0.2, 0) is 0 Å². The molecule has 4 heterocycles. The molecular formula is C20H28N6O4. The Hall–Kier alpha value is -2.88. The molecule has 0 radical (unpaired) electrons. The number of carbonyl (C=O) groups excluding carboxylic acids is 1. The minimum Gasteiger partial charge on any atom is -0.481 e. The van der Waals surface area contributed by atoms with Gasteiger partial charge >= 0.3 is 6.01 Å². The van der Waals surface area contributed by atoms with E-state index in [-0.39, 0.29) is 17.3 Å². The van der Waals surface area contributed by atoms with Crippen LogP contribution < -0.4 is 14.4 Å². The van der Waals surface area contributed by atoms with E-state index in [1.807, 2.05) is 11.0 Å². The van der Waals surface area contributed by atoms with Crippen LogP contribution in [0.3, 0.4) is 0 Å². The second-order valence-corrected chi connectivity index (χ2v) is 8.44. The van der Waals surface area contributed by atoms with E-state index in [2.05, 4.69) is 39.0 Å². The topological polar surface area (TPSA) is 97.1 Å². The molecule has 162 valence electrons. The lowest BCUT2D eigenvalue weighted by Gasteiger charge is -2.32. The van der Waals surface area contributed by atoms with E-state index < -0.39 is 0 Å². The molecule has 0 unspecified atom stereocenters. The summed E-state index contributed by atoms with van der Waals surface area (Å²) in [4.78, 5) is 28.0. The number of hydrogen-bond acceptors (Lipinski definition) is 9. The van der Waals surface area contributed by atoms with E-state index in [1.54, 1.807) is 27.2 Å². The van der Waals surface area contributed by atoms with Crippen molar-refractivity contribution in [2.24, 2.45) is 11.3 Å². The number of methoxy groups -OCH3 is 2. The van der Waals surface area contributed by atoms with Crippen LogP contribution in [-0.4, -0.2) is 91.9 Å². The molecule has 10 heteroatoms. The van der Waals surface area contributed by atoms with Gasteiger partial charge in [0.15, 0.2) is 5.69 Å². The summed E-state index contributed by atoms with van der Waals surface area (Å²) in [5.41, 5.74) is 0.304. The number of hydrogen-bond donors (Lipinski definition) is 0. The summed E-state index contributed by atoms with van der Waals surface area (Å²) in [6.45, 7) is 5.57. The average Bonchev–Trinajstić information content (AvgIpc) is 3.38. The number of nitrogens with zero attached hydrogens (tertiary/aromatic N) is 6. The van der Waals surface area contributed by atoms with Crippen molar-refractivity contribution >= 4 is 11.7 Å². The third-order valence-corrected chi connectivity index (χ3v) is 5.91. The third-order valence-electron chi connectivity index (χ3n) is 5.91. The minimum atomic E-state index is -0.0729. The van der Waals surface area contributed by atoms with E-state index >= 15 is 0 Å². The molecule has 1 amide bonds. The predicted octanol–water partition coefficient (Wildman–Crippen LogP) is 0.930. The van der Waals surface area contributed by atoms with E-state index in [0.29, 0.717) is 36.3 Å². The molecule has 2 fully saturated rings. The van der Waals surface area contributed by atoms with Crippen molar-refractivity contribution in [3.8, 4) is 11.9 Å². The molecule has 2 saturated heterocycles. The van der Waals surface area contributed by atoms with E-state index in [4.69, 9.17) is 14.0 Å². The molecule has 4 rings (SSSR count). The van der Waals surface area contributed by atoms with Crippen molar-refractivity contribution in [2.75, 3.05) is 65.9 Å². The molecular weight excluding hydrogens is 388 g/mol. The standard InChI is InChI=1S/C20H28N6O4/c1-13-6-15(23-30-13)18(27)26-9-14-8-25(11-20(14,12-26)10-24(2)3)16-7-17(28-4)22-19(21-16)29-5/h6-7,14H,8-12H2,1-5H3/t14-,20+/m0/s1. The highest BCUT2D eigenvalue weighted by molar-refractivity contribution is 5.92. The Kier molecular flexibility index (Phi) is 5.27. The zero-order chi connectivity index (χ0) is 21.5. The summed E-state index contributed by atoms with van der Waals surface area (Å²) in [5, 5.41) is 3.91. The third kappa shape index (κ3) is 3.67. The Balaban J connectivity index is 1.58. The highest BCUT2D eigenvalue weighted by atomic mass is 16.5. The number of aromatic nitrogens is 3. The number of likely N-dealkylation sites (tertiary alicyclic amines) is 1. The molecule has 0 N–H and O–H groups in total. The Morgan fingerprint density at radius 3 is 2.67 bits per heavy atom. The maximum Gasteiger partial charge on any atom is 0.321 e. The first-order valence-electron chi connectivity index (χ1n) is 9.93. The molecule has 2 aliphatic rings. The van der Waals surface area contributed by atoms with Gasteiger partial charge in [-0.25, -0.2) is 0 Å². The molecule has 2 aromatic heterocycles. The van der Waals surface area contributed by atoms with Crippen molar-refractivity contribution < 1.29 is 18.8 Å². The summed E-state index contributed by atoms with van der Waals surface area (Å²) in [5.74, 6) is 2.11. The largest absolute Gasteiger partial charge is 0.481 e. The summed E-state index contributed by atoms with van der Waals surface area (Å²) >= 11 is 0. The number of fused-ring (bicyclic) bond motifs is 1. The van der Waals surface area contributed by atoms with E-state index in [0.717, 1.165) is 25.5 Å². The molecule has 0 bridgehead atoms. The van der Waals surface area contributed by atoms with E-state index in [1.165, 1.54) is 0 Å². The van der Waals surface area contributed by atoms with Crippen molar-refractivity contribution in [3.05, 3.63) is 23.6 Å². The number of anilines is 1. The van der Waals surface area contributed by atoms with Gasteiger partial charge in [0.05, 0.1) is 14.2 Å². The zero-order valence-electron chi connectivity index (χ0n) is 18.1. The Morgan fingerprint density at radius 2 is 2.03 bits per heavy atom. The molecule has 0 aliphatic carbocycles. The second-order valence-electron chi connectivity index (χ2n) is 8.44. The highest BCUT2D eigenvalue weighted by Crippen LogP contribution is 2.44. The van der Waals surface area contributed by atoms with Gasteiger partial charge < -0.3 is 28.7 Å². The van der Waals surface area contributed by atoms with Gasteiger partial charge in [-0.3, -0.25) is 4.79 Å². The lowest BCUT2D eigenvalue weighted by Crippen LogP contribution is -2.43. The van der Waals surface area contributed by atoms with Crippen LogP contribution in [0.5, 0.6) is 11.9 Å². The Bertz CT molecular complexity index is 910. The van der Waals surface area contributed by atoms with Gasteiger partial charge in [-0.2, -0.15) is 9.97 Å². The van der Waals surface area contributed by atoms with Gasteiger partial charge in [0.25, 0.3) is 5.91 Å². The van der Waals surface area contributed by atoms with Crippen LogP contribution in [0.2, 0.25) is 0 Å². The Labute approximate surface area is 175 Å². The van der Waals surface area contributed by atoms with Crippen LogP contribution in [0.1, 0.15) is 16.2 Å². The second kappa shape index (κ2) is 7.75. The molecule has 10 nitrogen and oxygen atoms in total. The van der Waals surface area contributed by atoms with Crippen LogP contribution in [0, 0.1) is 18.3 Å². The van der Waals surface area contributed by atoms with Gasteiger partial charge in [-0.05, 0) is 21.0 Å². The molecule has 0 aromatic carbocycles. The lowest BCUT2D eigenvalue weighted by molar-refractivity contribution is 0.0755.